The molecule has 0 aliphatic heterocycles. The van der Waals surface area contributed by atoms with Gasteiger partial charge >= 0.3 is 12.1 Å². The number of hydrogen-bond donors (Lipinski definition) is 2. The van der Waals surface area contributed by atoms with E-state index in [0.29, 0.717) is 18.4 Å². The molecule has 5 nitrogen and oxygen atoms in total. The predicted octanol–water partition coefficient (Wildman–Crippen LogP) is 2.28. The van der Waals surface area contributed by atoms with Crippen LogP contribution in [0.2, 0.25) is 0 Å². The summed E-state index contributed by atoms with van der Waals surface area (Å²) in [5.74, 6) is -0.938. The van der Waals surface area contributed by atoms with Crippen LogP contribution in [0.5, 0.6) is 0 Å². The van der Waals surface area contributed by atoms with Crippen molar-refractivity contribution in [3.8, 4) is 0 Å². The van der Waals surface area contributed by atoms with E-state index < -0.39 is 12.1 Å². The highest BCUT2D eigenvalue weighted by atomic mass is 16.5. The van der Waals surface area contributed by atoms with Crippen LogP contribution < -0.4 is 5.32 Å². The Morgan fingerprint density at radius 3 is 3.00 bits per heavy atom. The minimum atomic E-state index is -0.938. The standard InChI is InChI=1S/C14H15NO4/c1-2-8-19-14(18)15-12-7-6-9-10(12)4-3-5-11(9)13(16)17/h2-5,12H,1,6-8H2,(H,15,18)(H,16,17)/t12-/m1/s1. The van der Waals surface area contributed by atoms with Crippen molar-refractivity contribution in [1.29, 1.82) is 0 Å². The highest BCUT2D eigenvalue weighted by molar-refractivity contribution is 5.90. The Morgan fingerprint density at radius 1 is 1.53 bits per heavy atom. The fourth-order valence-electron chi connectivity index (χ4n) is 2.32. The average molecular weight is 261 g/mol. The second kappa shape index (κ2) is 5.56. The normalized spacial score (nSPS) is 16.5. The third-order valence-corrected chi connectivity index (χ3v) is 3.13. The van der Waals surface area contributed by atoms with Crippen molar-refractivity contribution in [1.82, 2.24) is 5.32 Å². The number of nitrogens with one attached hydrogen (secondary N) is 1. The lowest BCUT2D eigenvalue weighted by molar-refractivity contribution is 0.0695. The predicted molar refractivity (Wildman–Crippen MR) is 69.1 cm³/mol. The molecule has 1 aliphatic carbocycles. The van der Waals surface area contributed by atoms with Gasteiger partial charge in [0.25, 0.3) is 0 Å². The molecule has 0 fully saturated rings. The summed E-state index contributed by atoms with van der Waals surface area (Å²) in [5.41, 5.74) is 1.96. The van der Waals surface area contributed by atoms with Crippen LogP contribution in [-0.4, -0.2) is 23.8 Å². The monoisotopic (exact) mass is 261 g/mol. The largest absolute Gasteiger partial charge is 0.478 e. The molecule has 0 bridgehead atoms. The van der Waals surface area contributed by atoms with Gasteiger partial charge in [0.15, 0.2) is 0 Å². The smallest absolute Gasteiger partial charge is 0.407 e. The van der Waals surface area contributed by atoms with Gasteiger partial charge in [-0.05, 0) is 30.0 Å². The SMILES string of the molecule is C=CCOC(=O)N[C@@H]1CCc2c(C(=O)O)cccc21. The average Bonchev–Trinajstić information content (AvgIpc) is 2.79. The van der Waals surface area contributed by atoms with E-state index in [2.05, 4.69) is 11.9 Å². The van der Waals surface area contributed by atoms with Crippen molar-refractivity contribution in [2.24, 2.45) is 0 Å². The van der Waals surface area contributed by atoms with Gasteiger partial charge in [0.05, 0.1) is 11.6 Å². The third kappa shape index (κ3) is 2.76. The van der Waals surface area contributed by atoms with Gasteiger partial charge in [0.2, 0.25) is 0 Å². The number of rotatable bonds is 4. The van der Waals surface area contributed by atoms with Gasteiger partial charge in [-0.1, -0.05) is 24.8 Å². The Balaban J connectivity index is 2.14. The maximum Gasteiger partial charge on any atom is 0.407 e. The first-order chi connectivity index (χ1) is 9.13. The van der Waals surface area contributed by atoms with E-state index in [4.69, 9.17) is 9.84 Å². The lowest BCUT2D eigenvalue weighted by Gasteiger charge is -2.14. The van der Waals surface area contributed by atoms with Crippen molar-refractivity contribution < 1.29 is 19.4 Å². The van der Waals surface area contributed by atoms with E-state index in [-0.39, 0.29) is 12.6 Å². The molecule has 100 valence electrons. The fraction of sp³-hybridized carbons (Fsp3) is 0.286. The summed E-state index contributed by atoms with van der Waals surface area (Å²) in [6.45, 7) is 3.61. The molecule has 0 spiro atoms. The van der Waals surface area contributed by atoms with Crippen LogP contribution in [0.1, 0.15) is 33.9 Å². The number of alkyl carbamates (subject to hydrolysis) is 1. The number of benzene rings is 1. The molecule has 0 unspecified atom stereocenters. The summed E-state index contributed by atoms with van der Waals surface area (Å²) >= 11 is 0. The van der Waals surface area contributed by atoms with Crippen LogP contribution >= 0.6 is 0 Å². The van der Waals surface area contributed by atoms with Gasteiger partial charge in [-0.15, -0.1) is 0 Å². The zero-order chi connectivity index (χ0) is 13.8. The lowest BCUT2D eigenvalue weighted by atomic mass is 10.0. The van der Waals surface area contributed by atoms with Gasteiger partial charge in [0, 0.05) is 0 Å². The molecule has 0 saturated carbocycles. The fourth-order valence-corrected chi connectivity index (χ4v) is 2.32. The molecule has 1 aliphatic rings. The molecule has 0 heterocycles. The van der Waals surface area contributed by atoms with Crippen LogP contribution in [-0.2, 0) is 11.2 Å². The van der Waals surface area contributed by atoms with E-state index in [1.165, 1.54) is 6.08 Å². The highest BCUT2D eigenvalue weighted by Crippen LogP contribution is 2.33. The van der Waals surface area contributed by atoms with Gasteiger partial charge in [-0.25, -0.2) is 9.59 Å². The summed E-state index contributed by atoms with van der Waals surface area (Å²) in [7, 11) is 0. The van der Waals surface area contributed by atoms with Gasteiger partial charge in [0.1, 0.15) is 6.61 Å². The summed E-state index contributed by atoms with van der Waals surface area (Å²) in [5, 5.41) is 11.8. The van der Waals surface area contributed by atoms with Crippen molar-refractivity contribution in [3.63, 3.8) is 0 Å². The third-order valence-electron chi connectivity index (χ3n) is 3.13. The van der Waals surface area contributed by atoms with Crippen molar-refractivity contribution in [2.75, 3.05) is 6.61 Å². The highest BCUT2D eigenvalue weighted by Gasteiger charge is 2.27. The molecule has 5 heteroatoms. The number of carbonyl (C=O) groups excluding carboxylic acids is 1. The van der Waals surface area contributed by atoms with Crippen LogP contribution in [0.25, 0.3) is 0 Å². The maximum atomic E-state index is 11.5. The quantitative estimate of drug-likeness (QED) is 0.815. The van der Waals surface area contributed by atoms with E-state index in [0.717, 1.165) is 11.1 Å². The molecule has 1 aromatic rings. The Bertz CT molecular complexity index is 524. The van der Waals surface area contributed by atoms with Gasteiger partial charge in [-0.2, -0.15) is 0 Å². The minimum Gasteiger partial charge on any atom is -0.478 e. The molecule has 19 heavy (non-hydrogen) atoms. The first kappa shape index (κ1) is 13.1. The number of fused-ring (bicyclic) bond motifs is 1. The summed E-state index contributed by atoms with van der Waals surface area (Å²) < 4.78 is 4.86. The number of carbonyl (C=O) groups is 2. The van der Waals surface area contributed by atoms with Gasteiger partial charge in [-0.3, -0.25) is 0 Å². The van der Waals surface area contributed by atoms with Crippen molar-refractivity contribution in [2.45, 2.75) is 18.9 Å². The molecular formula is C14H15NO4. The maximum absolute atomic E-state index is 11.5. The number of ether oxygens (including phenoxy) is 1. The van der Waals surface area contributed by atoms with Crippen LogP contribution in [0.3, 0.4) is 0 Å². The number of carboxylic acid groups (broad SMARTS) is 1. The number of amides is 1. The van der Waals surface area contributed by atoms with E-state index in [9.17, 15) is 9.59 Å². The molecule has 0 saturated heterocycles. The van der Waals surface area contributed by atoms with Crippen molar-refractivity contribution >= 4 is 12.1 Å². The van der Waals surface area contributed by atoms with Crippen LogP contribution in [0.4, 0.5) is 4.79 Å². The number of carboxylic acids is 1. The zero-order valence-electron chi connectivity index (χ0n) is 10.4. The van der Waals surface area contributed by atoms with Crippen LogP contribution in [0.15, 0.2) is 30.9 Å². The zero-order valence-corrected chi connectivity index (χ0v) is 10.4. The van der Waals surface area contributed by atoms with E-state index >= 15 is 0 Å². The molecule has 1 aromatic carbocycles. The second-order valence-corrected chi connectivity index (χ2v) is 4.30. The molecule has 0 radical (unpaired) electrons. The number of aromatic carboxylic acids is 1. The molecule has 1 atom stereocenters. The van der Waals surface area contributed by atoms with Crippen molar-refractivity contribution in [3.05, 3.63) is 47.5 Å². The Morgan fingerprint density at radius 2 is 2.32 bits per heavy atom. The van der Waals surface area contributed by atoms with E-state index in [1.54, 1.807) is 12.1 Å². The Kier molecular flexibility index (Phi) is 3.85. The topological polar surface area (TPSA) is 75.6 Å². The summed E-state index contributed by atoms with van der Waals surface area (Å²) in [4.78, 5) is 22.6. The molecule has 2 N–H and O–H groups in total. The Labute approximate surface area is 110 Å². The lowest BCUT2D eigenvalue weighted by Crippen LogP contribution is -2.27. The first-order valence-corrected chi connectivity index (χ1v) is 6.02. The first-order valence-electron chi connectivity index (χ1n) is 6.02. The second-order valence-electron chi connectivity index (χ2n) is 4.30. The molecule has 1 amide bonds. The number of hydrogen-bond acceptors (Lipinski definition) is 3. The van der Waals surface area contributed by atoms with E-state index in [1.807, 2.05) is 6.07 Å². The van der Waals surface area contributed by atoms with Crippen LogP contribution in [0, 0.1) is 0 Å². The minimum absolute atomic E-state index is 0.153. The molecule has 0 aromatic heterocycles. The molecular weight excluding hydrogens is 246 g/mol. The van der Waals surface area contributed by atoms with Gasteiger partial charge < -0.3 is 15.2 Å². The summed E-state index contributed by atoms with van der Waals surface area (Å²) in [6, 6.07) is 4.93. The molecule has 2 rings (SSSR count). The Hall–Kier alpha value is -2.30. The summed E-state index contributed by atoms with van der Waals surface area (Å²) in [6.07, 6.45) is 2.30.